The second-order valence-electron chi connectivity index (χ2n) is 14.1. The van der Waals surface area contributed by atoms with Gasteiger partial charge in [-0.1, -0.05) is 59.8 Å². The Morgan fingerprint density at radius 3 is 2.06 bits per heavy atom. The molecule has 0 bridgehead atoms. The number of ether oxygens (including phenoxy) is 1. The van der Waals surface area contributed by atoms with Gasteiger partial charge in [0, 0.05) is 24.1 Å². The Labute approximate surface area is 285 Å². The molecule has 0 radical (unpaired) electrons. The van der Waals surface area contributed by atoms with Crippen molar-refractivity contribution < 1.29 is 37.2 Å². The van der Waals surface area contributed by atoms with E-state index in [0.717, 1.165) is 27.3 Å². The highest BCUT2D eigenvalue weighted by Crippen LogP contribution is 2.46. The molecular formula is C35H41N5O8S. The zero-order valence-electron chi connectivity index (χ0n) is 27.9. The number of oxime groups is 1. The molecule has 49 heavy (non-hydrogen) atoms. The van der Waals surface area contributed by atoms with Crippen LogP contribution in [0.2, 0.25) is 0 Å². The Hall–Kier alpha value is -4.72. The van der Waals surface area contributed by atoms with Gasteiger partial charge in [0.15, 0.2) is 0 Å². The van der Waals surface area contributed by atoms with E-state index in [1.807, 2.05) is 48.5 Å². The summed E-state index contributed by atoms with van der Waals surface area (Å²) in [6.45, 7) is 8.81. The predicted octanol–water partition coefficient (Wildman–Crippen LogP) is 3.40. The monoisotopic (exact) mass is 691 g/mol. The van der Waals surface area contributed by atoms with Crippen molar-refractivity contribution >= 4 is 39.5 Å². The highest BCUT2D eigenvalue weighted by Gasteiger charge is 2.62. The molecule has 0 spiro atoms. The molecule has 3 N–H and O–H groups in total. The molecule has 0 heterocycles. The van der Waals surface area contributed by atoms with Crippen LogP contribution in [0.3, 0.4) is 0 Å². The molecule has 5 atom stereocenters. The van der Waals surface area contributed by atoms with Crippen molar-refractivity contribution in [2.24, 2.45) is 22.9 Å². The molecule has 4 aliphatic carbocycles. The number of amides is 4. The van der Waals surface area contributed by atoms with Gasteiger partial charge in [-0.3, -0.25) is 24.1 Å². The minimum Gasteiger partial charge on any atom is -0.443 e. The number of carbonyl (C=O) groups excluding carboxylic acids is 4. The minimum atomic E-state index is -3.88. The normalized spacial score (nSPS) is 25.3. The summed E-state index contributed by atoms with van der Waals surface area (Å²) in [6, 6.07) is 15.6. The van der Waals surface area contributed by atoms with E-state index >= 15 is 0 Å². The molecule has 6 rings (SSSR count). The smallest absolute Gasteiger partial charge is 0.426 e. The maximum Gasteiger partial charge on any atom is 0.426 e. The molecule has 3 fully saturated rings. The quantitative estimate of drug-likeness (QED) is 0.226. The molecule has 2 aromatic carbocycles. The average molecular weight is 692 g/mol. The van der Waals surface area contributed by atoms with Gasteiger partial charge in [0.1, 0.15) is 23.0 Å². The molecule has 2 aromatic rings. The summed E-state index contributed by atoms with van der Waals surface area (Å²) in [5, 5.41) is 7.66. The Bertz CT molecular complexity index is 1800. The number of rotatable bonds is 9. The molecule has 3 saturated carbocycles. The van der Waals surface area contributed by atoms with E-state index in [9.17, 15) is 27.6 Å². The lowest BCUT2D eigenvalue weighted by atomic mass is 9.93. The average Bonchev–Trinajstić information content (AvgIpc) is 3.95. The topological polar surface area (TPSA) is 173 Å². The Balaban J connectivity index is 1.24. The highest BCUT2D eigenvalue weighted by atomic mass is 32.2. The fourth-order valence-electron chi connectivity index (χ4n) is 6.63. The number of sulfonamides is 1. The zero-order valence-corrected chi connectivity index (χ0v) is 28.7. The van der Waals surface area contributed by atoms with Crippen molar-refractivity contribution in [2.45, 2.75) is 75.4 Å². The summed E-state index contributed by atoms with van der Waals surface area (Å²) in [7, 11) is -2.52. The summed E-state index contributed by atoms with van der Waals surface area (Å²) in [4.78, 5) is 59.7. The van der Waals surface area contributed by atoms with E-state index in [1.54, 1.807) is 20.8 Å². The predicted molar refractivity (Wildman–Crippen MR) is 180 cm³/mol. The number of fused-ring (bicyclic) bond motifs is 3. The number of benzene rings is 2. The van der Waals surface area contributed by atoms with Crippen LogP contribution in [0.5, 0.6) is 0 Å². The van der Waals surface area contributed by atoms with Gasteiger partial charge in [0.25, 0.3) is 5.91 Å². The van der Waals surface area contributed by atoms with E-state index in [-0.39, 0.29) is 19.3 Å². The van der Waals surface area contributed by atoms with Gasteiger partial charge in [-0.25, -0.2) is 18.6 Å². The first-order valence-corrected chi connectivity index (χ1v) is 17.9. The first-order chi connectivity index (χ1) is 23.1. The van der Waals surface area contributed by atoms with Crippen molar-refractivity contribution in [3.8, 4) is 11.1 Å². The summed E-state index contributed by atoms with van der Waals surface area (Å²) in [6.07, 6.45) is 1.21. The van der Waals surface area contributed by atoms with Gasteiger partial charge in [-0.15, -0.1) is 6.58 Å². The van der Waals surface area contributed by atoms with E-state index in [4.69, 9.17) is 9.57 Å². The number of nitrogens with one attached hydrogen (secondary N) is 3. The zero-order chi connectivity index (χ0) is 35.3. The molecule has 4 aliphatic rings. The van der Waals surface area contributed by atoms with Crippen LogP contribution in [0.1, 0.15) is 64.0 Å². The maximum absolute atomic E-state index is 14.0. The van der Waals surface area contributed by atoms with E-state index < -0.39 is 74.1 Å². The van der Waals surface area contributed by atoms with Crippen LogP contribution >= 0.6 is 0 Å². The summed E-state index contributed by atoms with van der Waals surface area (Å²) < 4.78 is 32.6. The van der Waals surface area contributed by atoms with Crippen molar-refractivity contribution in [3.63, 3.8) is 0 Å². The number of hydrogen-bond acceptors (Lipinski definition) is 9. The third kappa shape index (κ3) is 6.91. The summed E-state index contributed by atoms with van der Waals surface area (Å²) in [5.74, 6) is -4.52. The third-order valence-corrected chi connectivity index (χ3v) is 11.2. The van der Waals surface area contributed by atoms with Gasteiger partial charge >= 0.3 is 6.09 Å². The number of carbonyl (C=O) groups is 4. The number of hydrogen-bond donors (Lipinski definition) is 3. The van der Waals surface area contributed by atoms with Crippen LogP contribution in [-0.4, -0.2) is 72.5 Å². The highest BCUT2D eigenvalue weighted by molar-refractivity contribution is 7.91. The molecule has 4 amide bonds. The van der Waals surface area contributed by atoms with Crippen LogP contribution in [-0.2, 0) is 34.0 Å². The van der Waals surface area contributed by atoms with Crippen molar-refractivity contribution in [1.29, 1.82) is 0 Å². The molecule has 13 nitrogen and oxygen atoms in total. The molecule has 0 aromatic heterocycles. The van der Waals surface area contributed by atoms with Crippen LogP contribution in [0.4, 0.5) is 4.79 Å². The van der Waals surface area contributed by atoms with E-state index in [1.165, 1.54) is 13.1 Å². The minimum absolute atomic E-state index is 0.0689. The fraction of sp³-hybridized carbons (Fsp3) is 0.457. The van der Waals surface area contributed by atoms with Crippen LogP contribution in [0.15, 0.2) is 66.3 Å². The van der Waals surface area contributed by atoms with Gasteiger partial charge < -0.3 is 14.9 Å². The van der Waals surface area contributed by atoms with E-state index in [2.05, 4.69) is 27.2 Å². The first kappa shape index (κ1) is 34.2. The largest absolute Gasteiger partial charge is 0.443 e. The first-order valence-electron chi connectivity index (χ1n) is 16.3. The standard InChI is InChI=1S/C35H41N5O8S/c1-6-20-19-35(20,32(43)39-49(45,46)22-15-16-22)36-30(41)27-17-21(18-28(27)31(42)40(5)37-33(44)47-34(2,3)4)48-38-29-25-13-9-7-11-23(25)24-12-8-10-14-26(24)29/h6-14,20-22,27-28H,1,15-19H2,2-5H3,(H,36,41)(H,37,44)(H,39,43)/t20-,21-,27-,28-,35-/m1/s1. The van der Waals surface area contributed by atoms with Gasteiger partial charge in [-0.2, -0.15) is 0 Å². The lowest BCUT2D eigenvalue weighted by Gasteiger charge is -2.27. The molecule has 0 saturated heterocycles. The number of hydrazine groups is 1. The van der Waals surface area contributed by atoms with Crippen LogP contribution < -0.4 is 15.5 Å². The molecule has 0 aliphatic heterocycles. The maximum atomic E-state index is 14.0. The summed E-state index contributed by atoms with van der Waals surface area (Å²) >= 11 is 0. The Kier molecular flexibility index (Phi) is 8.80. The third-order valence-electron chi connectivity index (χ3n) is 9.36. The lowest BCUT2D eigenvalue weighted by Crippen LogP contribution is -2.55. The number of nitrogens with zero attached hydrogens (tertiary/aromatic N) is 2. The molecular weight excluding hydrogens is 650 g/mol. The van der Waals surface area contributed by atoms with Crippen molar-refractivity contribution in [1.82, 2.24) is 20.5 Å². The van der Waals surface area contributed by atoms with Crippen molar-refractivity contribution in [3.05, 3.63) is 72.3 Å². The fourth-order valence-corrected chi connectivity index (χ4v) is 7.99. The van der Waals surface area contributed by atoms with Crippen LogP contribution in [0.25, 0.3) is 11.1 Å². The molecule has 0 unspecified atom stereocenters. The van der Waals surface area contributed by atoms with E-state index in [0.29, 0.717) is 18.6 Å². The Morgan fingerprint density at radius 1 is 0.959 bits per heavy atom. The SMILES string of the molecule is C=C[C@@H]1C[C@]1(NC(=O)[C@@H]1C[C@@H](ON=C2c3ccccc3-c3ccccc32)C[C@H]1C(=O)N(C)NC(=O)OC(C)(C)C)C(=O)NS(=O)(=O)C1CC1. The van der Waals surface area contributed by atoms with Gasteiger partial charge in [-0.05, 0) is 64.0 Å². The van der Waals surface area contributed by atoms with Gasteiger partial charge in [0.2, 0.25) is 21.8 Å². The summed E-state index contributed by atoms with van der Waals surface area (Å²) in [5.41, 5.74) is 4.51. The van der Waals surface area contributed by atoms with Crippen molar-refractivity contribution in [2.75, 3.05) is 7.05 Å². The van der Waals surface area contributed by atoms with Gasteiger partial charge in [0.05, 0.1) is 17.1 Å². The molecule has 260 valence electrons. The molecule has 14 heteroatoms. The second kappa shape index (κ2) is 12.6. The van der Waals surface area contributed by atoms with Crippen LogP contribution in [0, 0.1) is 17.8 Å². The second-order valence-corrected chi connectivity index (χ2v) is 16.1. The lowest BCUT2D eigenvalue weighted by molar-refractivity contribution is -0.142. The Morgan fingerprint density at radius 2 is 1.53 bits per heavy atom.